The van der Waals surface area contributed by atoms with Crippen LogP contribution in [0.4, 0.5) is 13.2 Å². The standard InChI is InChI=1S/C16H20F3NOS/c1-12(20-9-5-2-6-10-20)13-7-3-4-8-14(13)22-11-15(21)16(17,18)19/h3-4,7-8,12H,2,5-6,9-11H2,1H3/t12-/m0/s1. The third kappa shape index (κ3) is 4.49. The molecule has 0 bridgehead atoms. The Hall–Kier alpha value is -1.01. The molecule has 0 spiro atoms. The quantitative estimate of drug-likeness (QED) is 0.743. The largest absolute Gasteiger partial charge is 0.450 e. The van der Waals surface area contributed by atoms with Gasteiger partial charge in [0.15, 0.2) is 0 Å². The molecule has 0 radical (unpaired) electrons. The smallest absolute Gasteiger partial charge is 0.297 e. The Labute approximate surface area is 133 Å². The Morgan fingerprint density at radius 1 is 1.23 bits per heavy atom. The van der Waals surface area contributed by atoms with Gasteiger partial charge in [0.1, 0.15) is 0 Å². The molecule has 2 nitrogen and oxygen atoms in total. The number of nitrogens with zero attached hydrogens (tertiary/aromatic N) is 1. The van der Waals surface area contributed by atoms with Gasteiger partial charge in [-0.3, -0.25) is 9.69 Å². The average molecular weight is 331 g/mol. The maximum atomic E-state index is 12.3. The Kier molecular flexibility index (Phi) is 5.92. The summed E-state index contributed by atoms with van der Waals surface area (Å²) in [5.41, 5.74) is 1.00. The number of likely N-dealkylation sites (tertiary alicyclic amines) is 1. The first kappa shape index (κ1) is 17.3. The van der Waals surface area contributed by atoms with Gasteiger partial charge in [-0.05, 0) is 44.5 Å². The van der Waals surface area contributed by atoms with Crippen LogP contribution in [0.2, 0.25) is 0 Å². The summed E-state index contributed by atoms with van der Waals surface area (Å²) in [5.74, 6) is -2.24. The van der Waals surface area contributed by atoms with Gasteiger partial charge < -0.3 is 0 Å². The van der Waals surface area contributed by atoms with Crippen molar-refractivity contribution < 1.29 is 18.0 Å². The monoisotopic (exact) mass is 331 g/mol. The van der Waals surface area contributed by atoms with E-state index in [0.717, 1.165) is 48.2 Å². The van der Waals surface area contributed by atoms with Crippen molar-refractivity contribution in [3.63, 3.8) is 0 Å². The number of hydrogen-bond acceptors (Lipinski definition) is 3. The first-order chi connectivity index (χ1) is 10.4. The normalized spacial score (nSPS) is 18.2. The molecule has 0 amide bonds. The van der Waals surface area contributed by atoms with E-state index in [1.807, 2.05) is 12.1 Å². The maximum absolute atomic E-state index is 12.3. The van der Waals surface area contributed by atoms with Gasteiger partial charge in [0, 0.05) is 10.9 Å². The summed E-state index contributed by atoms with van der Waals surface area (Å²) >= 11 is 0.978. The molecule has 1 saturated heterocycles. The number of carbonyl (C=O) groups is 1. The number of ketones is 1. The fourth-order valence-corrected chi connectivity index (χ4v) is 3.71. The van der Waals surface area contributed by atoms with E-state index in [9.17, 15) is 18.0 Å². The van der Waals surface area contributed by atoms with Crippen molar-refractivity contribution in [2.24, 2.45) is 0 Å². The van der Waals surface area contributed by atoms with Gasteiger partial charge in [-0.1, -0.05) is 24.6 Å². The lowest BCUT2D eigenvalue weighted by molar-refractivity contribution is -0.167. The first-order valence-electron chi connectivity index (χ1n) is 7.45. The van der Waals surface area contributed by atoms with Gasteiger partial charge in [-0.15, -0.1) is 11.8 Å². The summed E-state index contributed by atoms with van der Waals surface area (Å²) < 4.78 is 37.0. The highest BCUT2D eigenvalue weighted by Gasteiger charge is 2.37. The van der Waals surface area contributed by atoms with Gasteiger partial charge in [-0.25, -0.2) is 0 Å². The number of piperidine rings is 1. The van der Waals surface area contributed by atoms with Crippen molar-refractivity contribution in [1.29, 1.82) is 0 Å². The molecule has 122 valence electrons. The molecule has 2 rings (SSSR count). The van der Waals surface area contributed by atoms with Gasteiger partial charge >= 0.3 is 6.18 Å². The van der Waals surface area contributed by atoms with Crippen LogP contribution in [0.3, 0.4) is 0 Å². The van der Waals surface area contributed by atoms with E-state index in [2.05, 4.69) is 11.8 Å². The molecule has 0 aliphatic carbocycles. The lowest BCUT2D eigenvalue weighted by Gasteiger charge is -2.33. The number of alkyl halides is 3. The Morgan fingerprint density at radius 2 is 1.86 bits per heavy atom. The van der Waals surface area contributed by atoms with E-state index in [0.29, 0.717) is 0 Å². The number of hydrogen-bond donors (Lipinski definition) is 0. The molecule has 1 fully saturated rings. The summed E-state index contributed by atoms with van der Waals surface area (Å²) in [5, 5.41) is 0. The van der Waals surface area contributed by atoms with E-state index in [1.165, 1.54) is 6.42 Å². The van der Waals surface area contributed by atoms with Crippen LogP contribution in [0, 0.1) is 0 Å². The third-order valence-corrected chi connectivity index (χ3v) is 5.07. The molecule has 1 heterocycles. The highest BCUT2D eigenvalue weighted by atomic mass is 32.2. The number of thioether (sulfide) groups is 1. The van der Waals surface area contributed by atoms with E-state index in [4.69, 9.17) is 0 Å². The summed E-state index contributed by atoms with van der Waals surface area (Å²) in [6, 6.07) is 7.59. The van der Waals surface area contributed by atoms with E-state index < -0.39 is 17.7 Å². The second kappa shape index (κ2) is 7.51. The van der Waals surface area contributed by atoms with Crippen LogP contribution in [-0.2, 0) is 4.79 Å². The minimum absolute atomic E-state index is 0.157. The topological polar surface area (TPSA) is 20.3 Å². The van der Waals surface area contributed by atoms with Crippen LogP contribution in [0.5, 0.6) is 0 Å². The van der Waals surface area contributed by atoms with Crippen molar-refractivity contribution in [3.8, 4) is 0 Å². The molecule has 0 unspecified atom stereocenters. The van der Waals surface area contributed by atoms with Crippen LogP contribution < -0.4 is 0 Å². The first-order valence-corrected chi connectivity index (χ1v) is 8.44. The summed E-state index contributed by atoms with van der Waals surface area (Å²) in [7, 11) is 0. The van der Waals surface area contributed by atoms with Crippen LogP contribution >= 0.6 is 11.8 Å². The van der Waals surface area contributed by atoms with Crippen molar-refractivity contribution in [1.82, 2.24) is 4.90 Å². The fourth-order valence-electron chi connectivity index (χ4n) is 2.68. The summed E-state index contributed by atoms with van der Waals surface area (Å²) in [6.45, 7) is 4.11. The van der Waals surface area contributed by atoms with Crippen molar-refractivity contribution in [2.45, 2.75) is 43.3 Å². The van der Waals surface area contributed by atoms with Gasteiger partial charge in [0.2, 0.25) is 5.78 Å². The van der Waals surface area contributed by atoms with Crippen molar-refractivity contribution >= 4 is 17.5 Å². The Bertz CT molecular complexity index is 512. The zero-order valence-corrected chi connectivity index (χ0v) is 13.3. The molecular weight excluding hydrogens is 311 g/mol. The van der Waals surface area contributed by atoms with E-state index in [1.54, 1.807) is 12.1 Å². The molecule has 1 atom stereocenters. The molecule has 1 aromatic rings. The minimum Gasteiger partial charge on any atom is -0.297 e. The lowest BCUT2D eigenvalue weighted by Crippen LogP contribution is -2.32. The molecule has 0 saturated carbocycles. The summed E-state index contributed by atoms with van der Waals surface area (Å²) in [4.78, 5) is 14.2. The molecule has 1 aliphatic rings. The number of halogens is 3. The highest BCUT2D eigenvalue weighted by molar-refractivity contribution is 8.00. The lowest BCUT2D eigenvalue weighted by atomic mass is 10.0. The molecule has 6 heteroatoms. The zero-order valence-electron chi connectivity index (χ0n) is 12.5. The molecule has 1 aromatic carbocycles. The number of carbonyl (C=O) groups excluding carboxylic acids is 1. The van der Waals surface area contributed by atoms with Gasteiger partial charge in [0.25, 0.3) is 0 Å². The van der Waals surface area contributed by atoms with E-state index >= 15 is 0 Å². The molecule has 22 heavy (non-hydrogen) atoms. The Balaban J connectivity index is 2.07. The van der Waals surface area contributed by atoms with Gasteiger partial charge in [0.05, 0.1) is 5.75 Å². The summed E-state index contributed by atoms with van der Waals surface area (Å²) in [6.07, 6.45) is -1.20. The minimum atomic E-state index is -4.75. The maximum Gasteiger partial charge on any atom is 0.450 e. The second-order valence-electron chi connectivity index (χ2n) is 5.52. The SMILES string of the molecule is C[C@@H](c1ccccc1SCC(=O)C(F)(F)F)N1CCCCC1. The van der Waals surface area contributed by atoms with Crippen LogP contribution in [0.15, 0.2) is 29.2 Å². The van der Waals surface area contributed by atoms with Crippen molar-refractivity contribution in [2.75, 3.05) is 18.8 Å². The van der Waals surface area contributed by atoms with Crippen LogP contribution in [0.1, 0.15) is 37.8 Å². The molecule has 0 aromatic heterocycles. The molecule has 1 aliphatic heterocycles. The zero-order chi connectivity index (χ0) is 16.2. The molecular formula is C16H20F3NOS. The number of rotatable bonds is 5. The van der Waals surface area contributed by atoms with Crippen molar-refractivity contribution in [3.05, 3.63) is 29.8 Å². The van der Waals surface area contributed by atoms with Gasteiger partial charge in [-0.2, -0.15) is 13.2 Å². The molecule has 0 N–H and O–H groups in total. The predicted octanol–water partition coefficient (Wildman–Crippen LogP) is 4.46. The third-order valence-electron chi connectivity index (χ3n) is 3.98. The number of Topliss-reactive ketones (excluding diaryl/α,β-unsaturated/α-hetero) is 1. The fraction of sp³-hybridized carbons (Fsp3) is 0.562. The second-order valence-corrected chi connectivity index (χ2v) is 6.54. The van der Waals surface area contributed by atoms with E-state index in [-0.39, 0.29) is 6.04 Å². The number of benzene rings is 1. The Morgan fingerprint density at radius 3 is 2.50 bits per heavy atom. The predicted molar refractivity (Wildman–Crippen MR) is 82.1 cm³/mol. The highest BCUT2D eigenvalue weighted by Crippen LogP contribution is 2.33. The average Bonchev–Trinajstić information content (AvgIpc) is 2.52. The van der Waals surface area contributed by atoms with Crippen LogP contribution in [-0.4, -0.2) is 35.7 Å². The van der Waals surface area contributed by atoms with Crippen LogP contribution in [0.25, 0.3) is 0 Å².